The first-order valence-corrected chi connectivity index (χ1v) is 4.95. The molecule has 0 saturated carbocycles. The van der Waals surface area contributed by atoms with Crippen LogP contribution in [0.15, 0.2) is 30.6 Å². The maximum Gasteiger partial charge on any atom is 0.0308 e. The van der Waals surface area contributed by atoms with Gasteiger partial charge in [-0.1, -0.05) is 12.2 Å². The normalized spacial score (nSPS) is 21.8. The summed E-state index contributed by atoms with van der Waals surface area (Å²) in [6.07, 6.45) is 12.3. The van der Waals surface area contributed by atoms with Crippen molar-refractivity contribution in [1.29, 1.82) is 0 Å². The van der Waals surface area contributed by atoms with Gasteiger partial charge in [0.05, 0.1) is 0 Å². The molecule has 1 unspecified atom stereocenters. The molecule has 68 valence electrons. The molecule has 0 bridgehead atoms. The Hall–Kier alpha value is -1.11. The van der Waals surface area contributed by atoms with Crippen molar-refractivity contribution in [2.45, 2.75) is 32.1 Å². The van der Waals surface area contributed by atoms with Gasteiger partial charge in [0, 0.05) is 18.3 Å². The van der Waals surface area contributed by atoms with Gasteiger partial charge in [-0.2, -0.15) is 0 Å². The topological polar surface area (TPSA) is 12.9 Å². The number of allylic oxidation sites excluding steroid dienone is 2. The fraction of sp³-hybridized carbons (Fsp3) is 0.417. The molecule has 1 atom stereocenters. The number of nitrogens with zero attached hydrogens (tertiary/aromatic N) is 1. The highest BCUT2D eigenvalue weighted by atomic mass is 14.6. The van der Waals surface area contributed by atoms with E-state index in [0.29, 0.717) is 5.92 Å². The Labute approximate surface area is 79.5 Å². The van der Waals surface area contributed by atoms with Crippen LogP contribution in [0.1, 0.15) is 36.3 Å². The lowest BCUT2D eigenvalue weighted by atomic mass is 9.88. The van der Waals surface area contributed by atoms with Crippen molar-refractivity contribution in [1.82, 2.24) is 4.98 Å². The third-order valence-corrected chi connectivity index (χ3v) is 2.73. The summed E-state index contributed by atoms with van der Waals surface area (Å²) in [4.78, 5) is 4.19. The van der Waals surface area contributed by atoms with E-state index in [-0.39, 0.29) is 0 Å². The molecule has 0 amide bonds. The first kappa shape index (κ1) is 8.49. The van der Waals surface area contributed by atoms with Crippen LogP contribution in [0.5, 0.6) is 0 Å². The lowest BCUT2D eigenvalue weighted by Gasteiger charge is -2.17. The lowest BCUT2D eigenvalue weighted by Crippen LogP contribution is -2.01. The Morgan fingerprint density at radius 3 is 3.08 bits per heavy atom. The van der Waals surface area contributed by atoms with E-state index in [1.807, 2.05) is 12.4 Å². The highest BCUT2D eigenvalue weighted by Crippen LogP contribution is 2.28. The van der Waals surface area contributed by atoms with Gasteiger partial charge in [0.25, 0.3) is 0 Å². The van der Waals surface area contributed by atoms with E-state index in [9.17, 15) is 0 Å². The molecule has 1 aromatic rings. The molecule has 1 nitrogen and oxygen atoms in total. The monoisotopic (exact) mass is 173 g/mol. The zero-order chi connectivity index (χ0) is 9.10. The first-order chi connectivity index (χ1) is 6.38. The van der Waals surface area contributed by atoms with Gasteiger partial charge < -0.3 is 0 Å². The van der Waals surface area contributed by atoms with E-state index >= 15 is 0 Å². The van der Waals surface area contributed by atoms with Crippen molar-refractivity contribution in [3.8, 4) is 0 Å². The molecule has 0 N–H and O–H groups in total. The standard InChI is InChI=1S/C12H15N/c1-10-7-8-13-9-12(10)11-5-3-2-4-6-11/h3,5,7-9,11H,2,4,6H2,1H3. The summed E-state index contributed by atoms with van der Waals surface area (Å²) >= 11 is 0. The average Bonchev–Trinajstić information content (AvgIpc) is 2.20. The second-order valence-corrected chi connectivity index (χ2v) is 3.70. The molecule has 0 fully saturated rings. The average molecular weight is 173 g/mol. The van der Waals surface area contributed by atoms with E-state index in [1.54, 1.807) is 0 Å². The maximum absolute atomic E-state index is 4.19. The molecule has 0 spiro atoms. The van der Waals surface area contributed by atoms with Crippen molar-refractivity contribution in [3.63, 3.8) is 0 Å². The second-order valence-electron chi connectivity index (χ2n) is 3.70. The first-order valence-electron chi connectivity index (χ1n) is 4.95. The summed E-state index contributed by atoms with van der Waals surface area (Å²) in [7, 11) is 0. The van der Waals surface area contributed by atoms with E-state index < -0.39 is 0 Å². The minimum atomic E-state index is 0.613. The fourth-order valence-electron chi connectivity index (χ4n) is 1.94. The number of aromatic nitrogens is 1. The van der Waals surface area contributed by atoms with E-state index in [4.69, 9.17) is 0 Å². The quantitative estimate of drug-likeness (QED) is 0.594. The van der Waals surface area contributed by atoms with E-state index in [0.717, 1.165) is 0 Å². The molecular formula is C12H15N. The minimum Gasteiger partial charge on any atom is -0.264 e. The summed E-state index contributed by atoms with van der Waals surface area (Å²) in [5.74, 6) is 0.613. The third kappa shape index (κ3) is 1.80. The van der Waals surface area contributed by atoms with Crippen LogP contribution < -0.4 is 0 Å². The minimum absolute atomic E-state index is 0.613. The van der Waals surface area contributed by atoms with Gasteiger partial charge in [0.2, 0.25) is 0 Å². The molecule has 1 aromatic heterocycles. The van der Waals surface area contributed by atoms with Crippen LogP contribution in [0.3, 0.4) is 0 Å². The molecule has 0 saturated heterocycles. The molecule has 2 rings (SSSR count). The van der Waals surface area contributed by atoms with Crippen molar-refractivity contribution in [2.24, 2.45) is 0 Å². The van der Waals surface area contributed by atoms with E-state index in [1.165, 1.54) is 30.4 Å². The highest BCUT2D eigenvalue weighted by Gasteiger charge is 2.12. The van der Waals surface area contributed by atoms with Crippen molar-refractivity contribution in [3.05, 3.63) is 41.7 Å². The second kappa shape index (κ2) is 3.73. The van der Waals surface area contributed by atoms with Crippen molar-refractivity contribution in [2.75, 3.05) is 0 Å². The molecule has 1 aliphatic rings. The van der Waals surface area contributed by atoms with Gasteiger partial charge in [-0.05, 0) is 43.4 Å². The Bertz CT molecular complexity index is 315. The Morgan fingerprint density at radius 1 is 1.46 bits per heavy atom. The summed E-state index contributed by atoms with van der Waals surface area (Å²) in [5, 5.41) is 0. The summed E-state index contributed by atoms with van der Waals surface area (Å²) < 4.78 is 0. The van der Waals surface area contributed by atoms with Crippen molar-refractivity contribution >= 4 is 0 Å². The van der Waals surface area contributed by atoms with Gasteiger partial charge >= 0.3 is 0 Å². The largest absolute Gasteiger partial charge is 0.264 e. The van der Waals surface area contributed by atoms with Crippen LogP contribution in [-0.4, -0.2) is 4.98 Å². The number of hydrogen-bond donors (Lipinski definition) is 0. The van der Waals surface area contributed by atoms with Gasteiger partial charge in [-0.15, -0.1) is 0 Å². The van der Waals surface area contributed by atoms with Crippen molar-refractivity contribution < 1.29 is 0 Å². The Kier molecular flexibility index (Phi) is 2.44. The zero-order valence-corrected chi connectivity index (χ0v) is 8.03. The number of rotatable bonds is 1. The smallest absolute Gasteiger partial charge is 0.0308 e. The molecular weight excluding hydrogens is 158 g/mol. The Morgan fingerprint density at radius 2 is 2.38 bits per heavy atom. The summed E-state index contributed by atoms with van der Waals surface area (Å²) in [5.41, 5.74) is 2.77. The molecule has 0 aromatic carbocycles. The predicted molar refractivity (Wildman–Crippen MR) is 54.7 cm³/mol. The van der Waals surface area contributed by atoms with Crippen LogP contribution in [-0.2, 0) is 0 Å². The molecule has 1 heteroatoms. The summed E-state index contributed by atoms with van der Waals surface area (Å²) in [6, 6.07) is 2.10. The summed E-state index contributed by atoms with van der Waals surface area (Å²) in [6.45, 7) is 2.17. The molecule has 1 aliphatic carbocycles. The SMILES string of the molecule is Cc1ccncc1C1C=CCCC1. The molecule has 13 heavy (non-hydrogen) atoms. The zero-order valence-electron chi connectivity index (χ0n) is 8.03. The van der Waals surface area contributed by atoms with Crippen LogP contribution in [0.2, 0.25) is 0 Å². The van der Waals surface area contributed by atoms with Crippen LogP contribution in [0.4, 0.5) is 0 Å². The lowest BCUT2D eigenvalue weighted by molar-refractivity contribution is 0.650. The molecule has 0 radical (unpaired) electrons. The molecule has 0 aliphatic heterocycles. The van der Waals surface area contributed by atoms with Gasteiger partial charge in [0.1, 0.15) is 0 Å². The van der Waals surface area contributed by atoms with Crippen LogP contribution >= 0.6 is 0 Å². The number of hydrogen-bond acceptors (Lipinski definition) is 1. The third-order valence-electron chi connectivity index (χ3n) is 2.73. The number of aryl methyl sites for hydroxylation is 1. The van der Waals surface area contributed by atoms with Gasteiger partial charge in [-0.25, -0.2) is 0 Å². The Balaban J connectivity index is 2.29. The fourth-order valence-corrected chi connectivity index (χ4v) is 1.94. The maximum atomic E-state index is 4.19. The van der Waals surface area contributed by atoms with Gasteiger partial charge in [0.15, 0.2) is 0 Å². The van der Waals surface area contributed by atoms with E-state index in [2.05, 4.69) is 30.1 Å². The molecule has 1 heterocycles. The van der Waals surface area contributed by atoms with Crippen LogP contribution in [0.25, 0.3) is 0 Å². The van der Waals surface area contributed by atoms with Gasteiger partial charge in [-0.3, -0.25) is 4.98 Å². The highest BCUT2D eigenvalue weighted by molar-refractivity contribution is 5.29. The predicted octanol–water partition coefficient (Wildman–Crippen LogP) is 3.21. The number of pyridine rings is 1. The van der Waals surface area contributed by atoms with Crippen LogP contribution in [0, 0.1) is 6.92 Å².